The molecule has 7 aromatic carbocycles. The zero-order valence-electron chi connectivity index (χ0n) is 26.8. The number of nitrogens with zero attached hydrogens (tertiary/aromatic N) is 3. The van der Waals surface area contributed by atoms with Crippen LogP contribution < -0.4 is 0 Å². The lowest BCUT2D eigenvalue weighted by Gasteiger charge is -2.11. The highest BCUT2D eigenvalue weighted by molar-refractivity contribution is 5.88. The summed E-state index contributed by atoms with van der Waals surface area (Å²) >= 11 is 0. The van der Waals surface area contributed by atoms with Gasteiger partial charge in [-0.25, -0.2) is 15.0 Å². The van der Waals surface area contributed by atoms with E-state index in [9.17, 15) is 0 Å². The van der Waals surface area contributed by atoms with E-state index in [0.29, 0.717) is 17.5 Å². The predicted octanol–water partition coefficient (Wildman–Crippen LogP) is 11.4. The van der Waals surface area contributed by atoms with Crippen molar-refractivity contribution in [2.24, 2.45) is 0 Å². The number of fused-ring (bicyclic) bond motifs is 3. The lowest BCUT2D eigenvalue weighted by molar-refractivity contribution is 1.07. The molecule has 230 valence electrons. The van der Waals surface area contributed by atoms with Crippen molar-refractivity contribution in [1.29, 1.82) is 0 Å². The number of hydrogen-bond acceptors (Lipinski definition) is 3. The number of rotatable bonds is 6. The van der Waals surface area contributed by atoms with Crippen LogP contribution in [0.2, 0.25) is 0 Å². The maximum absolute atomic E-state index is 4.96. The van der Waals surface area contributed by atoms with Gasteiger partial charge in [0.1, 0.15) is 0 Å². The van der Waals surface area contributed by atoms with Crippen LogP contribution >= 0.6 is 0 Å². The summed E-state index contributed by atoms with van der Waals surface area (Å²) in [7, 11) is 0. The van der Waals surface area contributed by atoms with Crippen molar-refractivity contribution in [2.45, 2.75) is 6.42 Å². The fourth-order valence-electron chi connectivity index (χ4n) is 6.90. The standard InChI is InChI=1S/C46H31N3/c1-4-12-31(13-5-1)32-22-24-33(25-23-32)40-20-11-21-41-42-29-37(26-27-38(42)30-43(40)41)36-18-10-19-39(28-36)46-48-44(34-14-6-2-7-15-34)47-45(49-46)35-16-8-3-9-17-35/h1-29H,30H2. The zero-order chi connectivity index (χ0) is 32.6. The molecule has 3 heteroatoms. The van der Waals surface area contributed by atoms with Gasteiger partial charge in [0.2, 0.25) is 0 Å². The molecule has 1 heterocycles. The van der Waals surface area contributed by atoms with Gasteiger partial charge in [-0.15, -0.1) is 0 Å². The predicted molar refractivity (Wildman–Crippen MR) is 201 cm³/mol. The summed E-state index contributed by atoms with van der Waals surface area (Å²) in [5, 5.41) is 0. The molecule has 1 aliphatic rings. The van der Waals surface area contributed by atoms with Gasteiger partial charge in [0, 0.05) is 16.7 Å². The van der Waals surface area contributed by atoms with Gasteiger partial charge in [0.15, 0.2) is 17.5 Å². The lowest BCUT2D eigenvalue weighted by Crippen LogP contribution is -2.00. The fraction of sp³-hybridized carbons (Fsp3) is 0.0217. The molecule has 0 radical (unpaired) electrons. The van der Waals surface area contributed by atoms with E-state index in [1.807, 2.05) is 60.7 Å². The van der Waals surface area contributed by atoms with Gasteiger partial charge in [-0.2, -0.15) is 0 Å². The molecule has 8 aromatic rings. The van der Waals surface area contributed by atoms with Crippen molar-refractivity contribution < 1.29 is 0 Å². The molecule has 0 saturated carbocycles. The van der Waals surface area contributed by atoms with E-state index < -0.39 is 0 Å². The molecule has 3 nitrogen and oxygen atoms in total. The highest BCUT2D eigenvalue weighted by Gasteiger charge is 2.22. The second-order valence-electron chi connectivity index (χ2n) is 12.4. The minimum absolute atomic E-state index is 0.656. The second-order valence-corrected chi connectivity index (χ2v) is 12.4. The minimum atomic E-state index is 0.656. The van der Waals surface area contributed by atoms with E-state index in [4.69, 9.17) is 15.0 Å². The van der Waals surface area contributed by atoms with Crippen molar-refractivity contribution in [3.05, 3.63) is 187 Å². The maximum atomic E-state index is 4.96. The summed E-state index contributed by atoms with van der Waals surface area (Å²) in [5.74, 6) is 1.98. The molecule has 0 bridgehead atoms. The van der Waals surface area contributed by atoms with Gasteiger partial charge >= 0.3 is 0 Å². The van der Waals surface area contributed by atoms with Crippen LogP contribution in [0.3, 0.4) is 0 Å². The molecule has 1 aromatic heterocycles. The third-order valence-corrected chi connectivity index (χ3v) is 9.40. The van der Waals surface area contributed by atoms with E-state index in [-0.39, 0.29) is 0 Å². The van der Waals surface area contributed by atoms with E-state index in [2.05, 4.69) is 115 Å². The topological polar surface area (TPSA) is 38.7 Å². The number of hydrogen-bond donors (Lipinski definition) is 0. The monoisotopic (exact) mass is 625 g/mol. The Morgan fingerprint density at radius 3 is 1.39 bits per heavy atom. The Morgan fingerprint density at radius 2 is 0.735 bits per heavy atom. The summed E-state index contributed by atoms with van der Waals surface area (Å²) in [6.07, 6.45) is 0.928. The summed E-state index contributed by atoms with van der Waals surface area (Å²) in [4.78, 5) is 14.8. The zero-order valence-corrected chi connectivity index (χ0v) is 26.8. The Hall–Kier alpha value is -6.45. The van der Waals surface area contributed by atoms with Crippen molar-refractivity contribution in [3.63, 3.8) is 0 Å². The Labute approximate surface area is 286 Å². The molecule has 9 rings (SSSR count). The highest BCUT2D eigenvalue weighted by atomic mass is 15.0. The van der Waals surface area contributed by atoms with Gasteiger partial charge in [-0.3, -0.25) is 0 Å². The molecule has 0 saturated heterocycles. The quantitative estimate of drug-likeness (QED) is 0.185. The van der Waals surface area contributed by atoms with Crippen molar-refractivity contribution in [3.8, 4) is 78.7 Å². The Balaban J connectivity index is 1.07. The van der Waals surface area contributed by atoms with E-state index >= 15 is 0 Å². The summed E-state index contributed by atoms with van der Waals surface area (Å²) < 4.78 is 0. The van der Waals surface area contributed by atoms with Gasteiger partial charge in [0.25, 0.3) is 0 Å². The molecule has 1 aliphatic carbocycles. The number of benzene rings is 7. The largest absolute Gasteiger partial charge is 0.208 e. The molecule has 49 heavy (non-hydrogen) atoms. The molecular formula is C46H31N3. The van der Waals surface area contributed by atoms with Crippen molar-refractivity contribution >= 4 is 0 Å². The fourth-order valence-corrected chi connectivity index (χ4v) is 6.90. The molecule has 0 fully saturated rings. The molecule has 0 aliphatic heterocycles. The average molecular weight is 626 g/mol. The van der Waals surface area contributed by atoms with E-state index in [0.717, 1.165) is 28.7 Å². The van der Waals surface area contributed by atoms with Crippen LogP contribution in [-0.4, -0.2) is 15.0 Å². The van der Waals surface area contributed by atoms with Gasteiger partial charge in [-0.05, 0) is 74.2 Å². The average Bonchev–Trinajstić information content (AvgIpc) is 3.57. The first kappa shape index (κ1) is 28.7. The maximum Gasteiger partial charge on any atom is 0.164 e. The highest BCUT2D eigenvalue weighted by Crippen LogP contribution is 2.43. The summed E-state index contributed by atoms with van der Waals surface area (Å²) in [6, 6.07) is 61.9. The van der Waals surface area contributed by atoms with Crippen LogP contribution in [0.15, 0.2) is 176 Å². The van der Waals surface area contributed by atoms with Crippen LogP contribution in [0, 0.1) is 0 Å². The molecule has 0 amide bonds. The smallest absolute Gasteiger partial charge is 0.164 e. The van der Waals surface area contributed by atoms with Crippen LogP contribution in [0.1, 0.15) is 11.1 Å². The van der Waals surface area contributed by atoms with E-state index in [1.54, 1.807) is 0 Å². The van der Waals surface area contributed by atoms with Crippen LogP contribution in [0.5, 0.6) is 0 Å². The first-order valence-corrected chi connectivity index (χ1v) is 16.7. The first-order valence-electron chi connectivity index (χ1n) is 16.7. The Kier molecular flexibility index (Phi) is 7.21. The van der Waals surface area contributed by atoms with Crippen LogP contribution in [-0.2, 0) is 6.42 Å². The lowest BCUT2D eigenvalue weighted by atomic mass is 9.94. The molecular weight excluding hydrogens is 595 g/mol. The van der Waals surface area contributed by atoms with Gasteiger partial charge in [0.05, 0.1) is 0 Å². The third-order valence-electron chi connectivity index (χ3n) is 9.40. The van der Waals surface area contributed by atoms with Gasteiger partial charge < -0.3 is 0 Å². The Bertz CT molecular complexity index is 2380. The molecule has 0 unspecified atom stereocenters. The normalized spacial score (nSPS) is 11.6. The summed E-state index contributed by atoms with van der Waals surface area (Å²) in [5.41, 5.74) is 15.6. The van der Waals surface area contributed by atoms with Crippen molar-refractivity contribution in [1.82, 2.24) is 15.0 Å². The minimum Gasteiger partial charge on any atom is -0.208 e. The SMILES string of the molecule is c1ccc(-c2ccc(-c3cccc4c3Cc3ccc(-c5cccc(-c6nc(-c7ccccc7)nc(-c7ccccc7)n6)c5)cc3-4)cc2)cc1. The van der Waals surface area contributed by atoms with E-state index in [1.165, 1.54) is 50.1 Å². The second kappa shape index (κ2) is 12.3. The van der Waals surface area contributed by atoms with Gasteiger partial charge in [-0.1, -0.05) is 164 Å². The molecule has 0 N–H and O–H groups in total. The van der Waals surface area contributed by atoms with Crippen LogP contribution in [0.25, 0.3) is 78.7 Å². The first-order chi connectivity index (χ1) is 24.3. The number of aromatic nitrogens is 3. The van der Waals surface area contributed by atoms with Crippen LogP contribution in [0.4, 0.5) is 0 Å². The van der Waals surface area contributed by atoms with Crippen molar-refractivity contribution in [2.75, 3.05) is 0 Å². The molecule has 0 atom stereocenters. The third kappa shape index (κ3) is 5.52. The molecule has 0 spiro atoms. The Morgan fingerprint density at radius 1 is 0.286 bits per heavy atom. The summed E-state index contributed by atoms with van der Waals surface area (Å²) in [6.45, 7) is 0.